The summed E-state index contributed by atoms with van der Waals surface area (Å²) in [5.74, 6) is 0. The number of rotatable bonds is 3. The lowest BCUT2D eigenvalue weighted by Crippen LogP contribution is -1.99. The summed E-state index contributed by atoms with van der Waals surface area (Å²) >= 11 is 0. The van der Waals surface area contributed by atoms with E-state index in [2.05, 4.69) is 75.9 Å². The first-order chi connectivity index (χ1) is 11.1. The molecule has 0 fully saturated rings. The maximum absolute atomic E-state index is 4.08. The van der Waals surface area contributed by atoms with Gasteiger partial charge in [0.15, 0.2) is 0 Å². The van der Waals surface area contributed by atoms with Crippen molar-refractivity contribution >= 4 is 11.6 Å². The van der Waals surface area contributed by atoms with Crippen molar-refractivity contribution in [3.8, 4) is 11.1 Å². The Balaban J connectivity index is 2.18. The van der Waals surface area contributed by atoms with Crippen molar-refractivity contribution in [2.45, 2.75) is 33.6 Å². The number of allylic oxidation sites excluding steroid dienone is 4. The molecule has 0 heterocycles. The molecule has 0 N–H and O–H groups in total. The van der Waals surface area contributed by atoms with Crippen LogP contribution in [-0.2, 0) is 0 Å². The lowest BCUT2D eigenvalue weighted by Gasteiger charge is -2.20. The van der Waals surface area contributed by atoms with E-state index in [1.165, 1.54) is 44.5 Å². The first-order valence-electron chi connectivity index (χ1n) is 8.33. The third-order valence-corrected chi connectivity index (χ3v) is 4.83. The predicted octanol–water partition coefficient (Wildman–Crippen LogP) is 6.74. The summed E-state index contributed by atoms with van der Waals surface area (Å²) in [4.78, 5) is 0. The summed E-state index contributed by atoms with van der Waals surface area (Å²) in [7, 11) is 0. The van der Waals surface area contributed by atoms with Crippen molar-refractivity contribution in [1.82, 2.24) is 0 Å². The Labute approximate surface area is 139 Å². The van der Waals surface area contributed by atoms with E-state index < -0.39 is 0 Å². The van der Waals surface area contributed by atoms with Crippen molar-refractivity contribution in [2.24, 2.45) is 0 Å². The summed E-state index contributed by atoms with van der Waals surface area (Å²) in [6, 6.07) is 13.1. The van der Waals surface area contributed by atoms with Gasteiger partial charge in [-0.2, -0.15) is 0 Å². The molecule has 23 heavy (non-hydrogen) atoms. The van der Waals surface area contributed by atoms with E-state index in [0.717, 1.165) is 12.8 Å². The molecule has 0 aromatic heterocycles. The highest BCUT2D eigenvalue weighted by molar-refractivity contribution is 5.87. The van der Waals surface area contributed by atoms with Crippen LogP contribution in [-0.4, -0.2) is 0 Å². The zero-order chi connectivity index (χ0) is 16.4. The van der Waals surface area contributed by atoms with Gasteiger partial charge >= 0.3 is 0 Å². The third-order valence-electron chi connectivity index (χ3n) is 4.83. The predicted molar refractivity (Wildman–Crippen MR) is 102 cm³/mol. The number of aryl methyl sites for hydroxylation is 1. The van der Waals surface area contributed by atoms with Gasteiger partial charge in [0.1, 0.15) is 0 Å². The molecule has 0 spiro atoms. The quantitative estimate of drug-likeness (QED) is 0.589. The molecular weight excluding hydrogens is 276 g/mol. The maximum atomic E-state index is 4.08. The number of hydrogen-bond donors (Lipinski definition) is 0. The topological polar surface area (TPSA) is 0 Å². The smallest absolute Gasteiger partial charge is 0.0109 e. The second-order valence-corrected chi connectivity index (χ2v) is 6.30. The van der Waals surface area contributed by atoms with E-state index in [0.29, 0.717) is 0 Å². The van der Waals surface area contributed by atoms with Crippen molar-refractivity contribution in [3.05, 3.63) is 83.0 Å². The van der Waals surface area contributed by atoms with Gasteiger partial charge in [-0.05, 0) is 78.1 Å². The standard InChI is InChI=1S/C23H24/c1-5-19-18(4)22(20-12-8-6-10-16(20)2)14-15-23(19)21-13-9-7-11-17(21)3/h5-6,8,10-15H,1,7,9H2,2-4H3. The lowest BCUT2D eigenvalue weighted by molar-refractivity contribution is 1.02. The van der Waals surface area contributed by atoms with Crippen LogP contribution in [0.2, 0.25) is 0 Å². The van der Waals surface area contributed by atoms with Crippen LogP contribution in [0, 0.1) is 13.8 Å². The van der Waals surface area contributed by atoms with Gasteiger partial charge < -0.3 is 0 Å². The second kappa shape index (κ2) is 6.42. The molecule has 3 rings (SSSR count). The van der Waals surface area contributed by atoms with Crippen molar-refractivity contribution in [1.29, 1.82) is 0 Å². The summed E-state index contributed by atoms with van der Waals surface area (Å²) < 4.78 is 0. The average Bonchev–Trinajstić information content (AvgIpc) is 2.56. The molecule has 0 atom stereocenters. The van der Waals surface area contributed by atoms with E-state index in [9.17, 15) is 0 Å². The molecule has 2 aromatic carbocycles. The zero-order valence-electron chi connectivity index (χ0n) is 14.3. The molecule has 0 heteroatoms. The van der Waals surface area contributed by atoms with Gasteiger partial charge in [-0.25, -0.2) is 0 Å². The fourth-order valence-electron chi connectivity index (χ4n) is 3.51. The van der Waals surface area contributed by atoms with Gasteiger partial charge in [-0.15, -0.1) is 0 Å². The Morgan fingerprint density at radius 1 is 0.826 bits per heavy atom. The first-order valence-corrected chi connectivity index (χ1v) is 8.33. The van der Waals surface area contributed by atoms with Crippen molar-refractivity contribution in [3.63, 3.8) is 0 Å². The first kappa shape index (κ1) is 15.6. The molecule has 0 unspecified atom stereocenters. The Kier molecular flexibility index (Phi) is 4.34. The van der Waals surface area contributed by atoms with Gasteiger partial charge in [0.2, 0.25) is 0 Å². The average molecular weight is 300 g/mol. The molecule has 0 aliphatic heterocycles. The minimum absolute atomic E-state index is 1.13. The monoisotopic (exact) mass is 300 g/mol. The van der Waals surface area contributed by atoms with Gasteiger partial charge in [0, 0.05) is 0 Å². The molecule has 116 valence electrons. The fourth-order valence-corrected chi connectivity index (χ4v) is 3.51. The summed E-state index contributed by atoms with van der Waals surface area (Å²) in [6.45, 7) is 10.7. The fraction of sp³-hybridized carbons (Fsp3) is 0.217. The number of benzene rings is 2. The van der Waals surface area contributed by atoms with Crippen LogP contribution in [0.1, 0.15) is 42.0 Å². The minimum Gasteiger partial charge on any atom is -0.0984 e. The van der Waals surface area contributed by atoms with Gasteiger partial charge in [0.25, 0.3) is 0 Å². The molecule has 0 bridgehead atoms. The third kappa shape index (κ3) is 2.82. The van der Waals surface area contributed by atoms with E-state index in [4.69, 9.17) is 0 Å². The Morgan fingerprint density at radius 2 is 1.52 bits per heavy atom. The normalized spacial score (nSPS) is 14.2. The van der Waals surface area contributed by atoms with Crippen molar-refractivity contribution in [2.75, 3.05) is 0 Å². The minimum atomic E-state index is 1.13. The zero-order valence-corrected chi connectivity index (χ0v) is 14.3. The molecule has 1 aliphatic rings. The largest absolute Gasteiger partial charge is 0.0984 e. The Bertz CT molecular complexity index is 816. The molecule has 0 radical (unpaired) electrons. The molecule has 0 saturated heterocycles. The van der Waals surface area contributed by atoms with Crippen LogP contribution in [0.5, 0.6) is 0 Å². The van der Waals surface area contributed by atoms with Gasteiger partial charge in [-0.1, -0.05) is 61.2 Å². The highest BCUT2D eigenvalue weighted by Gasteiger charge is 2.15. The van der Waals surface area contributed by atoms with Gasteiger partial charge in [0.05, 0.1) is 0 Å². The highest BCUT2D eigenvalue weighted by atomic mass is 14.2. The van der Waals surface area contributed by atoms with Crippen molar-refractivity contribution < 1.29 is 0 Å². The number of hydrogen-bond acceptors (Lipinski definition) is 0. The van der Waals surface area contributed by atoms with E-state index >= 15 is 0 Å². The van der Waals surface area contributed by atoms with Crippen LogP contribution in [0.3, 0.4) is 0 Å². The Morgan fingerprint density at radius 3 is 2.22 bits per heavy atom. The highest BCUT2D eigenvalue weighted by Crippen LogP contribution is 2.36. The summed E-state index contributed by atoms with van der Waals surface area (Å²) in [5.41, 5.74) is 10.5. The second-order valence-electron chi connectivity index (χ2n) is 6.30. The molecule has 1 aliphatic carbocycles. The maximum Gasteiger partial charge on any atom is -0.0109 e. The van der Waals surface area contributed by atoms with Crippen LogP contribution in [0.25, 0.3) is 22.8 Å². The van der Waals surface area contributed by atoms with E-state index in [1.54, 1.807) is 0 Å². The summed E-state index contributed by atoms with van der Waals surface area (Å²) in [5, 5.41) is 0. The Hall–Kier alpha value is -2.34. The SMILES string of the molecule is C=Cc1c(C2=CCCC=C2C)ccc(-c2ccccc2C)c1C. The molecule has 2 aromatic rings. The van der Waals surface area contributed by atoms with E-state index in [-0.39, 0.29) is 0 Å². The van der Waals surface area contributed by atoms with Crippen LogP contribution < -0.4 is 0 Å². The summed E-state index contributed by atoms with van der Waals surface area (Å²) in [6.07, 6.45) is 8.99. The lowest BCUT2D eigenvalue weighted by atomic mass is 9.85. The van der Waals surface area contributed by atoms with Gasteiger partial charge in [-0.3, -0.25) is 0 Å². The molecule has 0 amide bonds. The van der Waals surface area contributed by atoms with Crippen LogP contribution in [0.4, 0.5) is 0 Å². The van der Waals surface area contributed by atoms with E-state index in [1.807, 2.05) is 6.08 Å². The van der Waals surface area contributed by atoms with Crippen LogP contribution >= 0.6 is 0 Å². The van der Waals surface area contributed by atoms with Crippen LogP contribution in [0.15, 0.2) is 60.7 Å². The molecular formula is C23H24. The molecule has 0 saturated carbocycles. The molecule has 0 nitrogen and oxygen atoms in total.